The van der Waals surface area contributed by atoms with Crippen molar-refractivity contribution in [1.82, 2.24) is 5.32 Å². The van der Waals surface area contributed by atoms with E-state index in [0.29, 0.717) is 40.3 Å². The number of ether oxygens (including phenoxy) is 1. The monoisotopic (exact) mass is 550 g/mol. The van der Waals surface area contributed by atoms with E-state index in [2.05, 4.69) is 42.2 Å². The molecule has 1 amide bonds. The fraction of sp³-hybridized carbons (Fsp3) is 0.0588. The van der Waals surface area contributed by atoms with E-state index >= 15 is 0 Å². The number of nitrogens with zero attached hydrogens (tertiary/aromatic N) is 1. The normalized spacial score (nSPS) is 16.9. The molecule has 1 aliphatic rings. The van der Waals surface area contributed by atoms with Gasteiger partial charge in [0.25, 0.3) is 5.91 Å². The predicted molar refractivity (Wildman–Crippen MR) is 117 cm³/mol. The highest BCUT2D eigenvalue weighted by molar-refractivity contribution is 9.13. The lowest BCUT2D eigenvalue weighted by Gasteiger charge is -2.10. The van der Waals surface area contributed by atoms with Gasteiger partial charge in [-0.1, -0.05) is 29.3 Å². The number of amides is 1. The van der Waals surface area contributed by atoms with Crippen molar-refractivity contribution in [1.29, 1.82) is 0 Å². The van der Waals surface area contributed by atoms with E-state index in [9.17, 15) is 9.90 Å². The van der Waals surface area contributed by atoms with Crippen LogP contribution in [0.1, 0.15) is 5.56 Å². The maximum absolute atomic E-state index is 12.3. The number of methoxy groups -OCH3 is 1. The smallest absolute Gasteiger partial charge is 0.264 e. The summed E-state index contributed by atoms with van der Waals surface area (Å²) in [5, 5.41) is 13.8. The van der Waals surface area contributed by atoms with Crippen LogP contribution in [0.2, 0.25) is 10.0 Å². The number of halogens is 4. The Kier molecular flexibility index (Phi) is 6.43. The summed E-state index contributed by atoms with van der Waals surface area (Å²) in [7, 11) is 1.45. The summed E-state index contributed by atoms with van der Waals surface area (Å²) in [4.78, 5) is 17.1. The summed E-state index contributed by atoms with van der Waals surface area (Å²) >= 11 is 20.0. The summed E-state index contributed by atoms with van der Waals surface area (Å²) in [5.41, 5.74) is 1.11. The van der Waals surface area contributed by atoms with Crippen molar-refractivity contribution in [2.24, 2.45) is 4.99 Å². The van der Waals surface area contributed by atoms with Crippen LogP contribution < -0.4 is 10.1 Å². The average molecular weight is 553 g/mol. The minimum Gasteiger partial charge on any atom is -0.503 e. The first kappa shape index (κ1) is 20.5. The van der Waals surface area contributed by atoms with Gasteiger partial charge in [-0.15, -0.1) is 0 Å². The Labute approximate surface area is 186 Å². The minimum absolute atomic E-state index is 0.0344. The fourth-order valence-corrected chi connectivity index (χ4v) is 4.19. The van der Waals surface area contributed by atoms with Crippen LogP contribution in [0, 0.1) is 0 Å². The summed E-state index contributed by atoms with van der Waals surface area (Å²) in [6.45, 7) is 0. The number of nitrogens with one attached hydrogen (secondary N) is 1. The zero-order valence-electron chi connectivity index (χ0n) is 13.5. The molecule has 0 aliphatic carbocycles. The number of thioether (sulfide) groups is 1. The maximum Gasteiger partial charge on any atom is 0.264 e. The molecule has 1 aliphatic heterocycles. The van der Waals surface area contributed by atoms with Crippen molar-refractivity contribution in [3.63, 3.8) is 0 Å². The van der Waals surface area contributed by atoms with E-state index < -0.39 is 0 Å². The Morgan fingerprint density at radius 3 is 2.74 bits per heavy atom. The van der Waals surface area contributed by atoms with Gasteiger partial charge in [0.1, 0.15) is 0 Å². The number of carbonyl (C=O) groups excluding carboxylic acids is 1. The second-order valence-electron chi connectivity index (χ2n) is 5.20. The van der Waals surface area contributed by atoms with Crippen molar-refractivity contribution in [3.8, 4) is 11.5 Å². The third-order valence-electron chi connectivity index (χ3n) is 3.48. The maximum atomic E-state index is 12.3. The molecule has 3 rings (SSSR count). The topological polar surface area (TPSA) is 70.9 Å². The van der Waals surface area contributed by atoms with Gasteiger partial charge in [-0.3, -0.25) is 4.79 Å². The molecule has 1 fully saturated rings. The van der Waals surface area contributed by atoms with Crippen LogP contribution in [0.15, 0.2) is 43.1 Å². The first-order valence-corrected chi connectivity index (χ1v) is 10.5. The van der Waals surface area contributed by atoms with Gasteiger partial charge in [0.05, 0.1) is 32.2 Å². The summed E-state index contributed by atoms with van der Waals surface area (Å²) < 4.78 is 6.16. The largest absolute Gasteiger partial charge is 0.503 e. The Bertz CT molecular complexity index is 1010. The number of aliphatic imine (C=N–C) groups is 1. The molecular weight excluding hydrogens is 543 g/mol. The molecule has 140 valence electrons. The Morgan fingerprint density at radius 2 is 2.04 bits per heavy atom. The standard InChI is InChI=1S/C17H10Br2Cl2N2O3S/c1-26-10-5-7(12(18)13(19)15(10)24)6-11-16(25)23-17(27-11)22-9-4-2-3-8(20)14(9)21/h2-6,24H,1H3,(H,22,23,25)/b11-6-. The number of hydrogen-bond donors (Lipinski definition) is 2. The highest BCUT2D eigenvalue weighted by atomic mass is 79.9. The second kappa shape index (κ2) is 8.45. The molecule has 0 saturated carbocycles. The molecule has 10 heteroatoms. The van der Waals surface area contributed by atoms with Crippen molar-refractivity contribution < 1.29 is 14.6 Å². The van der Waals surface area contributed by atoms with Crippen LogP contribution >= 0.6 is 66.8 Å². The minimum atomic E-state index is -0.299. The van der Waals surface area contributed by atoms with Crippen LogP contribution in [-0.4, -0.2) is 23.3 Å². The van der Waals surface area contributed by atoms with Crippen LogP contribution in [-0.2, 0) is 4.79 Å². The number of phenols is 1. The van der Waals surface area contributed by atoms with Crippen LogP contribution in [0.3, 0.4) is 0 Å². The average Bonchev–Trinajstić information content (AvgIpc) is 2.98. The highest BCUT2D eigenvalue weighted by Gasteiger charge is 2.25. The summed E-state index contributed by atoms with van der Waals surface area (Å²) in [5.74, 6) is -0.0557. The lowest BCUT2D eigenvalue weighted by atomic mass is 10.2. The highest BCUT2D eigenvalue weighted by Crippen LogP contribution is 2.43. The van der Waals surface area contributed by atoms with E-state index in [0.717, 1.165) is 11.8 Å². The quantitative estimate of drug-likeness (QED) is 0.450. The molecule has 0 bridgehead atoms. The van der Waals surface area contributed by atoms with E-state index in [-0.39, 0.29) is 17.4 Å². The first-order valence-electron chi connectivity index (χ1n) is 7.30. The van der Waals surface area contributed by atoms with Gasteiger partial charge < -0.3 is 15.2 Å². The number of benzene rings is 2. The Balaban J connectivity index is 1.96. The van der Waals surface area contributed by atoms with Gasteiger partial charge in [0, 0.05) is 4.47 Å². The van der Waals surface area contributed by atoms with Crippen molar-refractivity contribution >= 4 is 89.7 Å². The Morgan fingerprint density at radius 1 is 1.30 bits per heavy atom. The van der Waals surface area contributed by atoms with Crippen molar-refractivity contribution in [2.75, 3.05) is 7.11 Å². The number of rotatable bonds is 3. The molecule has 27 heavy (non-hydrogen) atoms. The van der Waals surface area contributed by atoms with E-state index in [1.165, 1.54) is 7.11 Å². The predicted octanol–water partition coefficient (Wildman–Crippen LogP) is 6.12. The number of phenolic OH excluding ortho intramolecular Hbond substituents is 1. The van der Waals surface area contributed by atoms with Gasteiger partial charge in [0.15, 0.2) is 16.7 Å². The third-order valence-corrected chi connectivity index (χ3v) is 7.36. The lowest BCUT2D eigenvalue weighted by molar-refractivity contribution is -0.115. The van der Waals surface area contributed by atoms with Gasteiger partial charge in [0.2, 0.25) is 0 Å². The van der Waals surface area contributed by atoms with E-state index in [1.54, 1.807) is 30.3 Å². The van der Waals surface area contributed by atoms with Crippen LogP contribution in [0.5, 0.6) is 11.5 Å². The molecule has 0 atom stereocenters. The van der Waals surface area contributed by atoms with Gasteiger partial charge >= 0.3 is 0 Å². The molecule has 0 radical (unpaired) electrons. The van der Waals surface area contributed by atoms with E-state index in [1.807, 2.05) is 0 Å². The van der Waals surface area contributed by atoms with Gasteiger partial charge in [-0.25, -0.2) is 4.99 Å². The van der Waals surface area contributed by atoms with Crippen molar-refractivity contribution in [3.05, 3.63) is 53.7 Å². The SMILES string of the molecule is COc1cc(/C=C2\SC(=Nc3cccc(Cl)c3Cl)NC2=O)c(Br)c(Br)c1O. The third kappa shape index (κ3) is 4.30. The number of carbonyl (C=O) groups is 1. The zero-order valence-corrected chi connectivity index (χ0v) is 19.0. The molecule has 0 unspecified atom stereocenters. The Hall–Kier alpha value is -1.19. The van der Waals surface area contributed by atoms with Crippen LogP contribution in [0.25, 0.3) is 6.08 Å². The van der Waals surface area contributed by atoms with Crippen LogP contribution in [0.4, 0.5) is 5.69 Å². The molecule has 2 aromatic carbocycles. The molecule has 0 aromatic heterocycles. The van der Waals surface area contributed by atoms with Gasteiger partial charge in [-0.05, 0) is 73.5 Å². The van der Waals surface area contributed by atoms with Gasteiger partial charge in [-0.2, -0.15) is 0 Å². The fourth-order valence-electron chi connectivity index (χ4n) is 2.18. The zero-order chi connectivity index (χ0) is 19.7. The van der Waals surface area contributed by atoms with Crippen molar-refractivity contribution in [2.45, 2.75) is 0 Å². The second-order valence-corrected chi connectivity index (χ2v) is 8.60. The first-order chi connectivity index (χ1) is 12.8. The number of amidine groups is 1. The summed E-state index contributed by atoms with van der Waals surface area (Å²) in [6, 6.07) is 6.71. The lowest BCUT2D eigenvalue weighted by Crippen LogP contribution is -2.19. The van der Waals surface area contributed by atoms with E-state index in [4.69, 9.17) is 27.9 Å². The molecule has 2 N–H and O–H groups in total. The molecular formula is C17H10Br2Cl2N2O3S. The molecule has 5 nitrogen and oxygen atoms in total. The molecule has 1 saturated heterocycles. The number of hydrogen-bond acceptors (Lipinski definition) is 5. The molecule has 1 heterocycles. The number of aromatic hydroxyl groups is 1. The molecule has 0 spiro atoms. The summed E-state index contributed by atoms with van der Waals surface area (Å²) in [6.07, 6.45) is 1.67. The molecule has 2 aromatic rings.